The molecule has 1 atom stereocenters. The lowest BCUT2D eigenvalue weighted by Gasteiger charge is -2.32. The van der Waals surface area contributed by atoms with E-state index in [1.807, 2.05) is 66.4 Å². The number of ether oxygens (including phenoxy) is 1. The van der Waals surface area contributed by atoms with E-state index in [0.29, 0.717) is 24.8 Å². The summed E-state index contributed by atoms with van der Waals surface area (Å²) in [4.78, 5) is 18.1. The Hall–Kier alpha value is -2.77. The van der Waals surface area contributed by atoms with Gasteiger partial charge in [-0.2, -0.15) is 11.8 Å². The number of carbonyl (C=O) groups is 1. The van der Waals surface area contributed by atoms with Gasteiger partial charge in [0, 0.05) is 30.2 Å². The number of benzene rings is 2. The first-order valence-electron chi connectivity index (χ1n) is 9.88. The Morgan fingerprint density at radius 1 is 1.27 bits per heavy atom. The molecule has 1 saturated heterocycles. The number of aromatic nitrogens is 1. The van der Waals surface area contributed by atoms with Gasteiger partial charge in [-0.15, -0.1) is 0 Å². The molecule has 1 aliphatic rings. The van der Waals surface area contributed by atoms with Crippen LogP contribution in [-0.4, -0.2) is 45.1 Å². The zero-order chi connectivity index (χ0) is 20.9. The molecule has 6 nitrogen and oxygen atoms in total. The van der Waals surface area contributed by atoms with Crippen LogP contribution < -0.4 is 4.74 Å². The van der Waals surface area contributed by atoms with E-state index in [9.17, 15) is 9.90 Å². The van der Waals surface area contributed by atoms with Crippen LogP contribution in [-0.2, 0) is 17.9 Å². The largest absolute Gasteiger partial charge is 0.487 e. The van der Waals surface area contributed by atoms with Crippen molar-refractivity contribution >= 4 is 17.7 Å². The van der Waals surface area contributed by atoms with Crippen molar-refractivity contribution in [2.75, 3.05) is 18.1 Å². The summed E-state index contributed by atoms with van der Waals surface area (Å²) in [6, 6.07) is 17.1. The van der Waals surface area contributed by atoms with Crippen molar-refractivity contribution in [1.82, 2.24) is 9.88 Å². The van der Waals surface area contributed by atoms with Crippen molar-refractivity contribution in [2.24, 2.45) is 0 Å². The van der Waals surface area contributed by atoms with E-state index in [4.69, 9.17) is 9.15 Å². The van der Waals surface area contributed by atoms with Crippen molar-refractivity contribution < 1.29 is 19.1 Å². The maximum atomic E-state index is 11.5. The summed E-state index contributed by atoms with van der Waals surface area (Å²) >= 11 is 1.69. The molecule has 0 bridgehead atoms. The van der Waals surface area contributed by atoms with Crippen LogP contribution in [0.15, 0.2) is 59.0 Å². The van der Waals surface area contributed by atoms with Gasteiger partial charge in [0.15, 0.2) is 0 Å². The molecule has 4 rings (SSSR count). The Morgan fingerprint density at radius 2 is 2.10 bits per heavy atom. The SMILES string of the molecule is Cc1oc(-c2ccccc2)nc1COc1cccc(CN2CCSCC2C(=O)O)c1. The van der Waals surface area contributed by atoms with Gasteiger partial charge in [0.1, 0.15) is 29.9 Å². The highest BCUT2D eigenvalue weighted by atomic mass is 32.2. The minimum atomic E-state index is -0.759. The molecule has 0 spiro atoms. The van der Waals surface area contributed by atoms with Crippen LogP contribution in [0.4, 0.5) is 0 Å². The number of thioether (sulfide) groups is 1. The van der Waals surface area contributed by atoms with Gasteiger partial charge in [0.05, 0.1) is 0 Å². The molecular weight excluding hydrogens is 400 g/mol. The Bertz CT molecular complexity index is 1010. The Morgan fingerprint density at radius 3 is 2.90 bits per heavy atom. The van der Waals surface area contributed by atoms with Crippen molar-refractivity contribution in [2.45, 2.75) is 26.1 Å². The van der Waals surface area contributed by atoms with Crippen LogP contribution in [0.5, 0.6) is 5.75 Å². The van der Waals surface area contributed by atoms with Gasteiger partial charge in [-0.05, 0) is 36.8 Å². The Labute approximate surface area is 179 Å². The summed E-state index contributed by atoms with van der Waals surface area (Å²) in [6.45, 7) is 3.56. The van der Waals surface area contributed by atoms with Gasteiger partial charge in [0.2, 0.25) is 5.89 Å². The van der Waals surface area contributed by atoms with Crippen LogP contribution in [0.3, 0.4) is 0 Å². The van der Waals surface area contributed by atoms with Gasteiger partial charge in [0.25, 0.3) is 0 Å². The van der Waals surface area contributed by atoms with E-state index in [1.165, 1.54) is 0 Å². The lowest BCUT2D eigenvalue weighted by molar-refractivity contribution is -0.142. The Kier molecular flexibility index (Phi) is 6.40. The van der Waals surface area contributed by atoms with Crippen LogP contribution in [0.1, 0.15) is 17.0 Å². The van der Waals surface area contributed by atoms with Gasteiger partial charge >= 0.3 is 5.97 Å². The number of oxazole rings is 1. The smallest absolute Gasteiger partial charge is 0.321 e. The fourth-order valence-electron chi connectivity index (χ4n) is 3.44. The predicted molar refractivity (Wildman–Crippen MR) is 117 cm³/mol. The number of hydrogen-bond acceptors (Lipinski definition) is 6. The number of carboxylic acids is 1. The van der Waals surface area contributed by atoms with Gasteiger partial charge < -0.3 is 14.3 Å². The maximum Gasteiger partial charge on any atom is 0.321 e. The third-order valence-electron chi connectivity index (χ3n) is 5.10. The van der Waals surface area contributed by atoms with E-state index < -0.39 is 12.0 Å². The quantitative estimate of drug-likeness (QED) is 0.608. The zero-order valence-electron chi connectivity index (χ0n) is 16.8. The first kappa shape index (κ1) is 20.5. The highest BCUT2D eigenvalue weighted by molar-refractivity contribution is 7.99. The van der Waals surface area contributed by atoms with Crippen LogP contribution in [0.25, 0.3) is 11.5 Å². The highest BCUT2D eigenvalue weighted by Crippen LogP contribution is 2.24. The molecule has 1 fully saturated rings. The molecule has 1 aromatic heterocycles. The van der Waals surface area contributed by atoms with Crippen LogP contribution >= 0.6 is 11.8 Å². The standard InChI is InChI=1S/C23H24N2O4S/c1-16-20(24-22(29-16)18-7-3-2-4-8-18)14-28-19-9-5-6-17(12-19)13-25-10-11-30-15-21(25)23(26)27/h2-9,12,21H,10-11,13-15H2,1H3,(H,26,27). The van der Waals surface area contributed by atoms with Crippen LogP contribution in [0, 0.1) is 6.92 Å². The predicted octanol–water partition coefficient (Wildman–Crippen LogP) is 4.23. The maximum absolute atomic E-state index is 11.5. The van der Waals surface area contributed by atoms with E-state index in [-0.39, 0.29) is 0 Å². The van der Waals surface area contributed by atoms with Crippen molar-refractivity contribution in [1.29, 1.82) is 0 Å². The van der Waals surface area contributed by atoms with Crippen molar-refractivity contribution in [3.8, 4) is 17.2 Å². The molecule has 30 heavy (non-hydrogen) atoms. The molecule has 1 aliphatic heterocycles. The molecule has 1 unspecified atom stereocenters. The van der Waals surface area contributed by atoms with E-state index in [1.54, 1.807) is 11.8 Å². The summed E-state index contributed by atoms with van der Waals surface area (Å²) in [6.07, 6.45) is 0. The molecule has 0 aliphatic carbocycles. The second kappa shape index (κ2) is 9.36. The molecular formula is C23H24N2O4S. The molecule has 0 amide bonds. The number of aliphatic carboxylic acids is 1. The Balaban J connectivity index is 1.41. The fraction of sp³-hybridized carbons (Fsp3) is 0.304. The minimum Gasteiger partial charge on any atom is -0.487 e. The average molecular weight is 425 g/mol. The first-order valence-corrected chi connectivity index (χ1v) is 11.0. The van der Waals surface area contributed by atoms with Gasteiger partial charge in [-0.3, -0.25) is 9.69 Å². The zero-order valence-corrected chi connectivity index (χ0v) is 17.6. The second-order valence-electron chi connectivity index (χ2n) is 7.22. The fourth-order valence-corrected chi connectivity index (χ4v) is 4.55. The molecule has 1 N–H and O–H groups in total. The molecule has 2 heterocycles. The van der Waals surface area contributed by atoms with Crippen LogP contribution in [0.2, 0.25) is 0 Å². The molecule has 156 valence electrons. The average Bonchev–Trinajstić information content (AvgIpc) is 3.14. The summed E-state index contributed by atoms with van der Waals surface area (Å²) < 4.78 is 11.8. The van der Waals surface area contributed by atoms with Crippen molar-refractivity contribution in [3.05, 3.63) is 71.6 Å². The topological polar surface area (TPSA) is 75.8 Å². The van der Waals surface area contributed by atoms with E-state index in [0.717, 1.165) is 40.6 Å². The lowest BCUT2D eigenvalue weighted by atomic mass is 10.1. The van der Waals surface area contributed by atoms with E-state index >= 15 is 0 Å². The third-order valence-corrected chi connectivity index (χ3v) is 6.12. The summed E-state index contributed by atoms with van der Waals surface area (Å²) in [5.41, 5.74) is 2.73. The molecule has 0 radical (unpaired) electrons. The summed E-state index contributed by atoms with van der Waals surface area (Å²) in [7, 11) is 0. The summed E-state index contributed by atoms with van der Waals surface area (Å²) in [5, 5.41) is 9.47. The second-order valence-corrected chi connectivity index (χ2v) is 8.37. The summed E-state index contributed by atoms with van der Waals surface area (Å²) in [5.74, 6) is 2.87. The normalized spacial score (nSPS) is 17.0. The minimum absolute atomic E-state index is 0.309. The third kappa shape index (κ3) is 4.86. The first-order chi connectivity index (χ1) is 14.6. The number of rotatable bonds is 7. The molecule has 0 saturated carbocycles. The van der Waals surface area contributed by atoms with E-state index in [2.05, 4.69) is 4.98 Å². The van der Waals surface area contributed by atoms with Gasteiger partial charge in [-0.1, -0.05) is 30.3 Å². The van der Waals surface area contributed by atoms with Gasteiger partial charge in [-0.25, -0.2) is 4.98 Å². The highest BCUT2D eigenvalue weighted by Gasteiger charge is 2.28. The number of nitrogens with zero attached hydrogens (tertiary/aromatic N) is 2. The molecule has 2 aromatic carbocycles. The monoisotopic (exact) mass is 424 g/mol. The van der Waals surface area contributed by atoms with Crippen molar-refractivity contribution in [3.63, 3.8) is 0 Å². The number of aryl methyl sites for hydroxylation is 1. The molecule has 3 aromatic rings. The lowest BCUT2D eigenvalue weighted by Crippen LogP contribution is -2.46. The number of hydrogen-bond donors (Lipinski definition) is 1. The molecule has 7 heteroatoms. The number of carboxylic acid groups (broad SMARTS) is 1.